The zero-order chi connectivity index (χ0) is 19.7. The van der Waals surface area contributed by atoms with Gasteiger partial charge in [-0.25, -0.2) is 0 Å². The Morgan fingerprint density at radius 3 is 2.86 bits per heavy atom. The van der Waals surface area contributed by atoms with E-state index in [9.17, 15) is 9.59 Å². The number of rotatable bonds is 7. The number of aromatic nitrogens is 4. The van der Waals surface area contributed by atoms with Crippen LogP contribution in [0.5, 0.6) is 0 Å². The van der Waals surface area contributed by atoms with Crippen molar-refractivity contribution in [3.63, 3.8) is 0 Å². The van der Waals surface area contributed by atoms with Crippen LogP contribution < -0.4 is 5.32 Å². The molecule has 0 unspecified atom stereocenters. The molecule has 0 aliphatic heterocycles. The number of amides is 2. The van der Waals surface area contributed by atoms with Gasteiger partial charge in [0.15, 0.2) is 11.0 Å². The third-order valence-corrected chi connectivity index (χ3v) is 5.74. The summed E-state index contributed by atoms with van der Waals surface area (Å²) < 4.78 is 2.15. The maximum atomic E-state index is 12.3. The molecule has 1 aliphatic rings. The number of likely N-dealkylation sites (N-methyl/N-ethyl adjacent to an activating group) is 2. The number of para-hydroxylation sites is 1. The van der Waals surface area contributed by atoms with Gasteiger partial charge in [-0.2, -0.15) is 0 Å². The van der Waals surface area contributed by atoms with Crippen LogP contribution in [0.2, 0.25) is 0 Å². The smallest absolute Gasteiger partial charge is 0.239 e. The highest BCUT2D eigenvalue weighted by atomic mass is 32.2. The molecule has 146 valence electrons. The van der Waals surface area contributed by atoms with Crippen molar-refractivity contribution in [1.29, 1.82) is 0 Å². The van der Waals surface area contributed by atoms with Gasteiger partial charge >= 0.3 is 0 Å². The molecular weight excluding hydrogens is 376 g/mol. The van der Waals surface area contributed by atoms with E-state index >= 15 is 0 Å². The molecule has 2 aromatic heterocycles. The molecule has 1 saturated carbocycles. The number of carbonyl (C=O) groups excluding carboxylic acids is 2. The molecule has 3 aromatic rings. The molecule has 0 atom stereocenters. The van der Waals surface area contributed by atoms with E-state index in [1.807, 2.05) is 24.4 Å². The minimum Gasteiger partial charge on any atom is -0.360 e. The summed E-state index contributed by atoms with van der Waals surface area (Å²) in [6.45, 7) is 0.0474. The van der Waals surface area contributed by atoms with E-state index < -0.39 is 0 Å². The predicted octanol–water partition coefficient (Wildman–Crippen LogP) is 2.06. The standard InChI is InChI=1S/C19H22N6O2S/c1-20-16(26)10-24(2)17(27)11-28-19-23-22-18(25(19)12-7-8-12)14-9-21-15-6-4-3-5-13(14)15/h3-6,9,12,21H,7-8,10-11H2,1-2H3,(H,20,26). The Morgan fingerprint density at radius 1 is 1.32 bits per heavy atom. The molecular formula is C19H22N6O2S. The lowest BCUT2D eigenvalue weighted by molar-refractivity contribution is -0.132. The van der Waals surface area contributed by atoms with Crippen LogP contribution in [0.1, 0.15) is 18.9 Å². The van der Waals surface area contributed by atoms with E-state index in [0.717, 1.165) is 40.3 Å². The normalized spacial score (nSPS) is 13.6. The van der Waals surface area contributed by atoms with Crippen LogP contribution in [0.4, 0.5) is 0 Å². The number of nitrogens with one attached hydrogen (secondary N) is 2. The van der Waals surface area contributed by atoms with Gasteiger partial charge in [0.1, 0.15) is 0 Å². The molecule has 1 fully saturated rings. The number of fused-ring (bicyclic) bond motifs is 1. The van der Waals surface area contributed by atoms with Gasteiger partial charge in [-0.3, -0.25) is 14.2 Å². The van der Waals surface area contributed by atoms with E-state index in [1.165, 1.54) is 16.7 Å². The second-order valence-electron chi connectivity index (χ2n) is 6.87. The summed E-state index contributed by atoms with van der Waals surface area (Å²) in [5.74, 6) is 0.733. The summed E-state index contributed by atoms with van der Waals surface area (Å²) in [4.78, 5) is 28.5. The van der Waals surface area contributed by atoms with Crippen LogP contribution >= 0.6 is 11.8 Å². The van der Waals surface area contributed by atoms with Gasteiger partial charge in [0, 0.05) is 42.8 Å². The van der Waals surface area contributed by atoms with Crippen molar-refractivity contribution < 1.29 is 9.59 Å². The maximum absolute atomic E-state index is 12.3. The van der Waals surface area contributed by atoms with Crippen molar-refractivity contribution in [3.8, 4) is 11.4 Å². The van der Waals surface area contributed by atoms with Crippen molar-refractivity contribution in [3.05, 3.63) is 30.5 Å². The monoisotopic (exact) mass is 398 g/mol. The van der Waals surface area contributed by atoms with Crippen LogP contribution in [0.25, 0.3) is 22.3 Å². The zero-order valence-corrected chi connectivity index (χ0v) is 16.6. The third-order valence-electron chi connectivity index (χ3n) is 4.82. The highest BCUT2D eigenvalue weighted by molar-refractivity contribution is 7.99. The molecule has 0 spiro atoms. The van der Waals surface area contributed by atoms with Gasteiger partial charge in [-0.05, 0) is 18.9 Å². The van der Waals surface area contributed by atoms with E-state index in [1.54, 1.807) is 14.1 Å². The van der Waals surface area contributed by atoms with Gasteiger partial charge in [0.05, 0.1) is 12.3 Å². The largest absolute Gasteiger partial charge is 0.360 e. The third kappa shape index (κ3) is 3.62. The summed E-state index contributed by atoms with van der Waals surface area (Å²) in [5, 5.41) is 13.2. The molecule has 0 bridgehead atoms. The first-order chi connectivity index (χ1) is 13.6. The van der Waals surface area contributed by atoms with Crippen LogP contribution in [-0.2, 0) is 9.59 Å². The first kappa shape index (κ1) is 18.5. The highest BCUT2D eigenvalue weighted by Crippen LogP contribution is 2.42. The fourth-order valence-corrected chi connectivity index (χ4v) is 4.04. The first-order valence-corrected chi connectivity index (χ1v) is 10.2. The van der Waals surface area contributed by atoms with Gasteiger partial charge in [-0.15, -0.1) is 10.2 Å². The van der Waals surface area contributed by atoms with Gasteiger partial charge in [-0.1, -0.05) is 30.0 Å². The molecule has 0 saturated heterocycles. The van der Waals surface area contributed by atoms with Crippen LogP contribution in [0.15, 0.2) is 35.6 Å². The lowest BCUT2D eigenvalue weighted by atomic mass is 10.1. The molecule has 0 radical (unpaired) electrons. The topological polar surface area (TPSA) is 95.9 Å². The highest BCUT2D eigenvalue weighted by Gasteiger charge is 2.31. The quantitative estimate of drug-likeness (QED) is 0.594. The molecule has 9 heteroatoms. The first-order valence-electron chi connectivity index (χ1n) is 9.17. The maximum Gasteiger partial charge on any atom is 0.239 e. The Bertz CT molecular complexity index is 1020. The fourth-order valence-electron chi connectivity index (χ4n) is 3.10. The average molecular weight is 398 g/mol. The molecule has 1 aliphatic carbocycles. The van der Waals surface area contributed by atoms with Crippen molar-refractivity contribution in [2.45, 2.75) is 24.0 Å². The van der Waals surface area contributed by atoms with Crippen molar-refractivity contribution in [2.24, 2.45) is 0 Å². The van der Waals surface area contributed by atoms with E-state index in [4.69, 9.17) is 0 Å². The van der Waals surface area contributed by atoms with Gasteiger partial charge < -0.3 is 15.2 Å². The number of hydrogen-bond acceptors (Lipinski definition) is 5. The van der Waals surface area contributed by atoms with Crippen molar-refractivity contribution in [2.75, 3.05) is 26.4 Å². The fraction of sp³-hybridized carbons (Fsp3) is 0.368. The van der Waals surface area contributed by atoms with E-state index in [0.29, 0.717) is 6.04 Å². The van der Waals surface area contributed by atoms with Crippen molar-refractivity contribution in [1.82, 2.24) is 30.0 Å². The second-order valence-corrected chi connectivity index (χ2v) is 7.81. The average Bonchev–Trinajstić information content (AvgIpc) is 3.32. The zero-order valence-electron chi connectivity index (χ0n) is 15.8. The van der Waals surface area contributed by atoms with Crippen molar-refractivity contribution >= 4 is 34.5 Å². The summed E-state index contributed by atoms with van der Waals surface area (Å²) in [6.07, 6.45) is 4.14. The summed E-state index contributed by atoms with van der Waals surface area (Å²) in [6, 6.07) is 8.48. The van der Waals surface area contributed by atoms with E-state index in [2.05, 4.69) is 31.1 Å². The Labute approximate surface area is 166 Å². The Hall–Kier alpha value is -2.81. The summed E-state index contributed by atoms with van der Waals surface area (Å²) >= 11 is 1.37. The number of aromatic amines is 1. The number of carbonyl (C=O) groups is 2. The Morgan fingerprint density at radius 2 is 2.11 bits per heavy atom. The van der Waals surface area contributed by atoms with Gasteiger partial charge in [0.25, 0.3) is 0 Å². The molecule has 1 aromatic carbocycles. The predicted molar refractivity (Wildman–Crippen MR) is 108 cm³/mol. The Kier molecular flexibility index (Phi) is 5.08. The minimum atomic E-state index is -0.191. The SMILES string of the molecule is CNC(=O)CN(C)C(=O)CSc1nnc(-c2c[nH]c3ccccc23)n1C1CC1. The van der Waals surface area contributed by atoms with Crippen LogP contribution in [0.3, 0.4) is 0 Å². The van der Waals surface area contributed by atoms with Gasteiger partial charge in [0.2, 0.25) is 11.8 Å². The van der Waals surface area contributed by atoms with E-state index in [-0.39, 0.29) is 24.1 Å². The minimum absolute atomic E-state index is 0.0474. The number of hydrogen-bond donors (Lipinski definition) is 2. The second kappa shape index (κ2) is 7.67. The number of H-pyrrole nitrogens is 1. The molecule has 2 heterocycles. The lowest BCUT2D eigenvalue weighted by Crippen LogP contribution is -2.37. The van der Waals surface area contributed by atoms with Crippen LogP contribution in [-0.4, -0.2) is 62.9 Å². The molecule has 2 N–H and O–H groups in total. The molecule has 8 nitrogen and oxygen atoms in total. The molecule has 4 rings (SSSR count). The summed E-state index contributed by atoms with van der Waals surface area (Å²) in [7, 11) is 3.18. The molecule has 2 amide bonds. The lowest BCUT2D eigenvalue weighted by Gasteiger charge is -2.15. The molecule has 28 heavy (non-hydrogen) atoms. The number of nitrogens with zero attached hydrogens (tertiary/aromatic N) is 4. The Balaban J connectivity index is 1.55. The number of benzene rings is 1. The number of thioether (sulfide) groups is 1. The summed E-state index contributed by atoms with van der Waals surface area (Å²) in [5.41, 5.74) is 2.08. The van der Waals surface area contributed by atoms with Crippen LogP contribution in [0, 0.1) is 0 Å².